The summed E-state index contributed by atoms with van der Waals surface area (Å²) in [6.45, 7) is -1.41. The predicted molar refractivity (Wildman–Crippen MR) is 103 cm³/mol. The Morgan fingerprint density at radius 2 is 1.55 bits per heavy atom. The summed E-state index contributed by atoms with van der Waals surface area (Å²) in [5, 5.41) is 6.02. The number of rotatable bonds is 5. The minimum Gasteiger partial charge on any atom is -0.496 e. The van der Waals surface area contributed by atoms with Gasteiger partial charge in [0.15, 0.2) is 0 Å². The predicted octanol–water partition coefficient (Wildman–Crippen LogP) is 4.39. The average Bonchev–Trinajstić information content (AvgIpc) is 2.71. The van der Waals surface area contributed by atoms with E-state index >= 15 is 0 Å². The zero-order valence-electron chi connectivity index (χ0n) is 15.3. The molecule has 0 heterocycles. The van der Waals surface area contributed by atoms with Gasteiger partial charge in [0.25, 0.3) is 11.8 Å². The maximum Gasteiger partial charge on any atom is 0.405 e. The topological polar surface area (TPSA) is 67.4 Å². The lowest BCUT2D eigenvalue weighted by Crippen LogP contribution is -2.33. The highest BCUT2D eigenvalue weighted by atomic mass is 19.4. The molecule has 0 saturated carbocycles. The van der Waals surface area contributed by atoms with Crippen molar-refractivity contribution < 1.29 is 27.5 Å². The van der Waals surface area contributed by atoms with Gasteiger partial charge in [-0.15, -0.1) is 0 Å². The van der Waals surface area contributed by atoms with Gasteiger partial charge in [0.05, 0.1) is 7.11 Å². The molecule has 3 aromatic rings. The molecule has 0 radical (unpaired) electrons. The summed E-state index contributed by atoms with van der Waals surface area (Å²) in [6.07, 6.45) is -4.48. The number of alkyl halides is 3. The molecule has 0 fully saturated rings. The number of ether oxygens (including phenoxy) is 1. The van der Waals surface area contributed by atoms with Crippen molar-refractivity contribution >= 4 is 28.3 Å². The summed E-state index contributed by atoms with van der Waals surface area (Å²) in [5.74, 6) is -0.564. The summed E-state index contributed by atoms with van der Waals surface area (Å²) in [4.78, 5) is 24.4. The Balaban J connectivity index is 1.75. The zero-order valence-corrected chi connectivity index (χ0v) is 15.3. The van der Waals surface area contributed by atoms with E-state index < -0.39 is 18.6 Å². The number of anilines is 1. The Bertz CT molecular complexity index is 1050. The van der Waals surface area contributed by atoms with Crippen LogP contribution >= 0.6 is 0 Å². The number of nitrogens with one attached hydrogen (secondary N) is 2. The van der Waals surface area contributed by atoms with Gasteiger partial charge in [-0.2, -0.15) is 13.2 Å². The van der Waals surface area contributed by atoms with E-state index in [1.165, 1.54) is 24.3 Å². The highest BCUT2D eigenvalue weighted by molar-refractivity contribution is 6.14. The normalized spacial score (nSPS) is 11.2. The SMILES string of the molecule is COc1ccc(C(=O)Nc2ccc(C(=O)NCC(F)(F)F)cc2)c2ccccc12. The third-order valence-electron chi connectivity index (χ3n) is 4.20. The lowest BCUT2D eigenvalue weighted by atomic mass is 10.0. The van der Waals surface area contributed by atoms with Crippen LogP contribution in [-0.2, 0) is 0 Å². The first-order valence-corrected chi connectivity index (χ1v) is 8.60. The van der Waals surface area contributed by atoms with E-state index in [0.717, 1.165) is 5.39 Å². The molecule has 0 bridgehead atoms. The number of benzene rings is 3. The van der Waals surface area contributed by atoms with Crippen LogP contribution in [0.25, 0.3) is 10.8 Å². The van der Waals surface area contributed by atoms with E-state index in [1.54, 1.807) is 30.6 Å². The van der Waals surface area contributed by atoms with E-state index in [4.69, 9.17) is 4.74 Å². The van der Waals surface area contributed by atoms with Crippen LogP contribution in [0.4, 0.5) is 18.9 Å². The maximum absolute atomic E-state index is 12.7. The fourth-order valence-electron chi connectivity index (χ4n) is 2.83. The van der Waals surface area contributed by atoms with Crippen molar-refractivity contribution in [2.24, 2.45) is 0 Å². The van der Waals surface area contributed by atoms with Gasteiger partial charge >= 0.3 is 6.18 Å². The molecule has 0 aliphatic carbocycles. The zero-order chi connectivity index (χ0) is 21.0. The summed E-state index contributed by atoms with van der Waals surface area (Å²) in [7, 11) is 1.55. The van der Waals surface area contributed by atoms with Crippen LogP contribution in [0, 0.1) is 0 Å². The highest BCUT2D eigenvalue weighted by Crippen LogP contribution is 2.28. The molecular formula is C21H17F3N2O3. The molecule has 0 atom stereocenters. The van der Waals surface area contributed by atoms with Crippen LogP contribution in [0.5, 0.6) is 5.75 Å². The highest BCUT2D eigenvalue weighted by Gasteiger charge is 2.27. The minimum atomic E-state index is -4.48. The average molecular weight is 402 g/mol. The van der Waals surface area contributed by atoms with Gasteiger partial charge in [0, 0.05) is 22.2 Å². The van der Waals surface area contributed by atoms with Gasteiger partial charge in [-0.25, -0.2) is 0 Å². The number of hydrogen-bond acceptors (Lipinski definition) is 3. The van der Waals surface area contributed by atoms with Crippen LogP contribution < -0.4 is 15.4 Å². The number of hydrogen-bond donors (Lipinski definition) is 2. The first-order valence-electron chi connectivity index (χ1n) is 8.60. The maximum atomic E-state index is 12.7. The Labute approximate surface area is 164 Å². The van der Waals surface area contributed by atoms with E-state index in [2.05, 4.69) is 5.32 Å². The lowest BCUT2D eigenvalue weighted by Gasteiger charge is -2.11. The van der Waals surface area contributed by atoms with Crippen LogP contribution in [0.1, 0.15) is 20.7 Å². The standard InChI is InChI=1S/C21H17F3N2O3/c1-29-18-11-10-17(15-4-2-3-5-16(15)18)20(28)26-14-8-6-13(7-9-14)19(27)25-12-21(22,23)24/h2-11H,12H2,1H3,(H,25,27)(H,26,28). The van der Waals surface area contributed by atoms with Crippen LogP contribution in [0.3, 0.4) is 0 Å². The third kappa shape index (κ3) is 4.84. The molecule has 0 saturated heterocycles. The smallest absolute Gasteiger partial charge is 0.405 e. The molecule has 0 spiro atoms. The summed E-state index contributed by atoms with van der Waals surface area (Å²) in [6, 6.07) is 16.2. The van der Waals surface area contributed by atoms with Crippen LogP contribution in [0.2, 0.25) is 0 Å². The first-order chi connectivity index (χ1) is 13.8. The lowest BCUT2D eigenvalue weighted by molar-refractivity contribution is -0.123. The van der Waals surface area contributed by atoms with Crippen molar-refractivity contribution in [1.82, 2.24) is 5.32 Å². The second-order valence-corrected chi connectivity index (χ2v) is 6.19. The molecule has 0 aliphatic heterocycles. The number of fused-ring (bicyclic) bond motifs is 1. The largest absolute Gasteiger partial charge is 0.496 e. The second-order valence-electron chi connectivity index (χ2n) is 6.19. The molecule has 3 rings (SSSR count). The Hall–Kier alpha value is -3.55. The van der Waals surface area contributed by atoms with Crippen molar-refractivity contribution in [3.63, 3.8) is 0 Å². The Morgan fingerprint density at radius 3 is 2.17 bits per heavy atom. The molecule has 29 heavy (non-hydrogen) atoms. The van der Waals surface area contributed by atoms with Crippen molar-refractivity contribution in [2.75, 3.05) is 19.0 Å². The van der Waals surface area contributed by atoms with E-state index in [1.807, 2.05) is 18.2 Å². The molecule has 150 valence electrons. The summed E-state index contributed by atoms with van der Waals surface area (Å²) < 4.78 is 41.9. The Morgan fingerprint density at radius 1 is 0.897 bits per heavy atom. The van der Waals surface area contributed by atoms with Gasteiger partial charge in [-0.1, -0.05) is 24.3 Å². The molecule has 2 N–H and O–H groups in total. The first kappa shape index (κ1) is 20.2. The molecular weight excluding hydrogens is 385 g/mol. The number of carbonyl (C=O) groups is 2. The molecule has 0 aromatic heterocycles. The van der Waals surface area contributed by atoms with Gasteiger partial charge < -0.3 is 15.4 Å². The van der Waals surface area contributed by atoms with Gasteiger partial charge in [-0.3, -0.25) is 9.59 Å². The van der Waals surface area contributed by atoms with Crippen molar-refractivity contribution in [3.05, 3.63) is 71.8 Å². The number of amides is 2. The fraction of sp³-hybridized carbons (Fsp3) is 0.143. The summed E-state index contributed by atoms with van der Waals surface area (Å²) >= 11 is 0. The van der Waals surface area contributed by atoms with E-state index in [0.29, 0.717) is 22.4 Å². The second kappa shape index (κ2) is 8.22. The molecule has 2 amide bonds. The van der Waals surface area contributed by atoms with Gasteiger partial charge in [-0.05, 0) is 41.8 Å². The summed E-state index contributed by atoms with van der Waals surface area (Å²) in [5.41, 5.74) is 0.901. The van der Waals surface area contributed by atoms with Crippen LogP contribution in [-0.4, -0.2) is 31.6 Å². The number of carbonyl (C=O) groups excluding carboxylic acids is 2. The quantitative estimate of drug-likeness (QED) is 0.665. The monoisotopic (exact) mass is 402 g/mol. The van der Waals surface area contributed by atoms with Gasteiger partial charge in [0.2, 0.25) is 0 Å². The molecule has 5 nitrogen and oxygen atoms in total. The Kier molecular flexibility index (Phi) is 5.72. The van der Waals surface area contributed by atoms with E-state index in [-0.39, 0.29) is 11.5 Å². The fourth-order valence-corrected chi connectivity index (χ4v) is 2.83. The van der Waals surface area contributed by atoms with Crippen molar-refractivity contribution in [1.29, 1.82) is 0 Å². The van der Waals surface area contributed by atoms with Crippen molar-refractivity contribution in [2.45, 2.75) is 6.18 Å². The number of methoxy groups -OCH3 is 1. The molecule has 3 aromatic carbocycles. The van der Waals surface area contributed by atoms with E-state index in [9.17, 15) is 22.8 Å². The molecule has 8 heteroatoms. The third-order valence-corrected chi connectivity index (χ3v) is 4.20. The molecule has 0 aliphatic rings. The number of halogens is 3. The molecule has 0 unspecified atom stereocenters. The van der Waals surface area contributed by atoms with Crippen molar-refractivity contribution in [3.8, 4) is 5.75 Å². The minimum absolute atomic E-state index is 0.0575. The van der Waals surface area contributed by atoms with Crippen LogP contribution in [0.15, 0.2) is 60.7 Å². The van der Waals surface area contributed by atoms with Gasteiger partial charge in [0.1, 0.15) is 12.3 Å².